The van der Waals surface area contributed by atoms with Gasteiger partial charge in [0.15, 0.2) is 6.10 Å². The number of methoxy groups -OCH3 is 1. The van der Waals surface area contributed by atoms with E-state index in [2.05, 4.69) is 61.5 Å². The minimum atomic E-state index is -0.612. The maximum absolute atomic E-state index is 12.0. The number of rotatable bonds is 10. The zero-order chi connectivity index (χ0) is 24.6. The quantitative estimate of drug-likeness (QED) is 0.276. The fourth-order valence-electron chi connectivity index (χ4n) is 4.26. The third-order valence-corrected chi connectivity index (χ3v) is 6.06. The molecule has 35 heavy (non-hydrogen) atoms. The standard InChI is InChI=1S/C30H32O5/c1-4-33-30(31)28(32-3)20-22-10-14-25(15-11-22)34-17-18-35-29-26-8-6-5-7-23(26)12-13-24-19-21(2)9-16-27(24)29/h5-16,19,28-29H,4,17-18,20H2,1-3H3. The molecule has 5 nitrogen and oxygen atoms in total. The Labute approximate surface area is 207 Å². The van der Waals surface area contributed by atoms with E-state index in [1.54, 1.807) is 6.92 Å². The summed E-state index contributed by atoms with van der Waals surface area (Å²) >= 11 is 0. The van der Waals surface area contributed by atoms with Crippen molar-refractivity contribution in [3.8, 4) is 5.75 Å². The van der Waals surface area contributed by atoms with Crippen molar-refractivity contribution in [2.45, 2.75) is 32.5 Å². The van der Waals surface area contributed by atoms with Gasteiger partial charge in [0.2, 0.25) is 0 Å². The number of hydrogen-bond donors (Lipinski definition) is 0. The molecule has 1 aliphatic carbocycles. The highest BCUT2D eigenvalue weighted by atomic mass is 16.6. The molecule has 0 aromatic heterocycles. The van der Waals surface area contributed by atoms with Gasteiger partial charge < -0.3 is 18.9 Å². The summed E-state index contributed by atoms with van der Waals surface area (Å²) in [4.78, 5) is 12.0. The van der Waals surface area contributed by atoms with Crippen LogP contribution in [0.2, 0.25) is 0 Å². The second kappa shape index (κ2) is 11.8. The SMILES string of the molecule is CCOC(=O)C(Cc1ccc(OCCOC2c3ccccc3C=Cc3cc(C)ccc32)cc1)OC. The van der Waals surface area contributed by atoms with Crippen molar-refractivity contribution >= 4 is 18.1 Å². The second-order valence-corrected chi connectivity index (χ2v) is 8.52. The molecule has 3 aromatic rings. The predicted molar refractivity (Wildman–Crippen MR) is 137 cm³/mol. The first-order valence-corrected chi connectivity index (χ1v) is 12.0. The van der Waals surface area contributed by atoms with Crippen LogP contribution in [0.25, 0.3) is 12.2 Å². The Morgan fingerprint density at radius 2 is 1.66 bits per heavy atom. The van der Waals surface area contributed by atoms with Crippen LogP contribution in [0.4, 0.5) is 0 Å². The van der Waals surface area contributed by atoms with E-state index >= 15 is 0 Å². The summed E-state index contributed by atoms with van der Waals surface area (Å²) in [5.41, 5.74) is 6.87. The van der Waals surface area contributed by atoms with Crippen LogP contribution in [0.15, 0.2) is 66.7 Å². The molecule has 0 saturated carbocycles. The number of ether oxygens (including phenoxy) is 4. The van der Waals surface area contributed by atoms with Gasteiger partial charge in [-0.05, 0) is 53.8 Å². The summed E-state index contributed by atoms with van der Waals surface area (Å²) in [6.45, 7) is 5.10. The molecule has 0 radical (unpaired) electrons. The van der Waals surface area contributed by atoms with E-state index in [9.17, 15) is 4.79 Å². The Kier molecular flexibility index (Phi) is 8.35. The zero-order valence-electron chi connectivity index (χ0n) is 20.5. The number of fused-ring (bicyclic) bond motifs is 2. The van der Waals surface area contributed by atoms with E-state index in [4.69, 9.17) is 18.9 Å². The molecule has 2 unspecified atom stereocenters. The largest absolute Gasteiger partial charge is 0.491 e. The molecule has 3 aromatic carbocycles. The molecule has 0 N–H and O–H groups in total. The van der Waals surface area contributed by atoms with E-state index in [-0.39, 0.29) is 12.1 Å². The number of carbonyl (C=O) groups excluding carboxylic acids is 1. The van der Waals surface area contributed by atoms with Crippen LogP contribution in [0.3, 0.4) is 0 Å². The average molecular weight is 473 g/mol. The van der Waals surface area contributed by atoms with Gasteiger partial charge in [-0.15, -0.1) is 0 Å². The fraction of sp³-hybridized carbons (Fsp3) is 0.300. The van der Waals surface area contributed by atoms with E-state index in [1.807, 2.05) is 24.3 Å². The van der Waals surface area contributed by atoms with Crippen LogP contribution in [-0.4, -0.2) is 39.0 Å². The summed E-state index contributed by atoms with van der Waals surface area (Å²) in [5.74, 6) is 0.404. The van der Waals surface area contributed by atoms with E-state index in [0.29, 0.717) is 26.2 Å². The molecule has 2 atom stereocenters. The molecule has 0 aliphatic heterocycles. The van der Waals surface area contributed by atoms with Crippen molar-refractivity contribution in [2.24, 2.45) is 0 Å². The van der Waals surface area contributed by atoms with Gasteiger partial charge in [-0.2, -0.15) is 0 Å². The fourth-order valence-corrected chi connectivity index (χ4v) is 4.26. The second-order valence-electron chi connectivity index (χ2n) is 8.52. The topological polar surface area (TPSA) is 54.0 Å². The molecule has 0 fully saturated rings. The number of esters is 1. The van der Waals surface area contributed by atoms with Gasteiger partial charge in [0.25, 0.3) is 0 Å². The lowest BCUT2D eigenvalue weighted by Gasteiger charge is -2.21. The maximum atomic E-state index is 12.0. The lowest BCUT2D eigenvalue weighted by Crippen LogP contribution is -2.27. The molecule has 182 valence electrons. The van der Waals surface area contributed by atoms with Gasteiger partial charge >= 0.3 is 5.97 Å². The average Bonchev–Trinajstić information content (AvgIpc) is 3.02. The number of carbonyl (C=O) groups is 1. The van der Waals surface area contributed by atoms with E-state index in [0.717, 1.165) is 22.4 Å². The van der Waals surface area contributed by atoms with Crippen LogP contribution in [0.5, 0.6) is 5.75 Å². The van der Waals surface area contributed by atoms with Crippen molar-refractivity contribution in [3.05, 3.63) is 100 Å². The molecule has 0 spiro atoms. The number of benzene rings is 3. The van der Waals surface area contributed by atoms with Gasteiger partial charge in [0.1, 0.15) is 18.5 Å². The maximum Gasteiger partial charge on any atom is 0.335 e. The first kappa shape index (κ1) is 24.7. The Balaban J connectivity index is 1.36. The van der Waals surface area contributed by atoms with E-state index < -0.39 is 6.10 Å². The van der Waals surface area contributed by atoms with Crippen molar-refractivity contribution in [1.82, 2.24) is 0 Å². The van der Waals surface area contributed by atoms with Gasteiger partial charge in [0, 0.05) is 13.5 Å². The van der Waals surface area contributed by atoms with Crippen molar-refractivity contribution < 1.29 is 23.7 Å². The molecular weight excluding hydrogens is 440 g/mol. The van der Waals surface area contributed by atoms with Gasteiger partial charge in [0.05, 0.1) is 13.2 Å². The predicted octanol–water partition coefficient (Wildman–Crippen LogP) is 5.78. The lowest BCUT2D eigenvalue weighted by atomic mass is 9.95. The highest BCUT2D eigenvalue weighted by Crippen LogP contribution is 2.35. The van der Waals surface area contributed by atoms with Crippen molar-refractivity contribution in [1.29, 1.82) is 0 Å². The zero-order valence-corrected chi connectivity index (χ0v) is 20.5. The third-order valence-electron chi connectivity index (χ3n) is 6.06. The van der Waals surface area contributed by atoms with Crippen molar-refractivity contribution in [3.63, 3.8) is 0 Å². The summed E-state index contributed by atoms with van der Waals surface area (Å²) < 4.78 is 22.6. The molecule has 0 amide bonds. The number of aryl methyl sites for hydroxylation is 1. The lowest BCUT2D eigenvalue weighted by molar-refractivity contribution is -0.154. The third kappa shape index (κ3) is 6.18. The molecule has 0 saturated heterocycles. The van der Waals surface area contributed by atoms with Crippen LogP contribution in [0.1, 0.15) is 46.4 Å². The molecule has 5 heteroatoms. The summed E-state index contributed by atoms with van der Waals surface area (Å²) in [7, 11) is 1.52. The molecular formula is C30H32O5. The Morgan fingerprint density at radius 3 is 2.43 bits per heavy atom. The Bertz CT molecular complexity index is 1170. The van der Waals surface area contributed by atoms with Gasteiger partial charge in [-0.1, -0.05) is 72.3 Å². The minimum absolute atomic E-state index is 0.156. The molecule has 0 heterocycles. The van der Waals surface area contributed by atoms with Crippen LogP contribution in [0, 0.1) is 6.92 Å². The van der Waals surface area contributed by atoms with Gasteiger partial charge in [-0.25, -0.2) is 4.79 Å². The summed E-state index contributed by atoms with van der Waals surface area (Å²) in [5, 5.41) is 0. The number of hydrogen-bond acceptors (Lipinski definition) is 5. The normalized spacial score (nSPS) is 15.0. The minimum Gasteiger partial charge on any atom is -0.491 e. The van der Waals surface area contributed by atoms with Crippen LogP contribution < -0.4 is 4.74 Å². The molecule has 1 aliphatic rings. The first-order chi connectivity index (χ1) is 17.1. The highest BCUT2D eigenvalue weighted by Gasteiger charge is 2.22. The molecule has 0 bridgehead atoms. The van der Waals surface area contributed by atoms with E-state index in [1.165, 1.54) is 23.8 Å². The Hall–Kier alpha value is -3.41. The smallest absolute Gasteiger partial charge is 0.335 e. The molecule has 4 rings (SSSR count). The van der Waals surface area contributed by atoms with Crippen LogP contribution >= 0.6 is 0 Å². The van der Waals surface area contributed by atoms with Crippen molar-refractivity contribution in [2.75, 3.05) is 26.9 Å². The summed E-state index contributed by atoms with van der Waals surface area (Å²) in [6.07, 6.45) is 4.01. The van der Waals surface area contributed by atoms with Crippen LogP contribution in [-0.2, 0) is 25.4 Å². The monoisotopic (exact) mass is 472 g/mol. The first-order valence-electron chi connectivity index (χ1n) is 12.0. The summed E-state index contributed by atoms with van der Waals surface area (Å²) in [6, 6.07) is 22.5. The van der Waals surface area contributed by atoms with Gasteiger partial charge in [-0.3, -0.25) is 0 Å². The Morgan fingerprint density at radius 1 is 0.914 bits per heavy atom. The highest BCUT2D eigenvalue weighted by molar-refractivity contribution is 5.76.